The Kier molecular flexibility index (Phi) is 4.88. The van der Waals surface area contributed by atoms with Gasteiger partial charge in [0.15, 0.2) is 0 Å². The van der Waals surface area contributed by atoms with Crippen LogP contribution in [-0.4, -0.2) is 41.0 Å². The molecule has 2 aromatic heterocycles. The molecule has 0 aliphatic carbocycles. The number of carbonyl (C=O) groups is 1. The molecule has 2 unspecified atom stereocenters. The summed E-state index contributed by atoms with van der Waals surface area (Å²) >= 11 is 0. The van der Waals surface area contributed by atoms with Crippen molar-refractivity contribution >= 4 is 22.8 Å². The third-order valence-corrected chi connectivity index (χ3v) is 4.63. The summed E-state index contributed by atoms with van der Waals surface area (Å²) < 4.78 is 11.0. The van der Waals surface area contributed by atoms with Crippen molar-refractivity contribution in [3.63, 3.8) is 0 Å². The van der Waals surface area contributed by atoms with Crippen molar-refractivity contribution in [2.45, 2.75) is 25.0 Å². The van der Waals surface area contributed by atoms with E-state index in [4.69, 9.17) is 9.47 Å². The molecule has 0 spiro atoms. The van der Waals surface area contributed by atoms with E-state index in [-0.39, 0.29) is 18.2 Å². The first-order valence-electron chi connectivity index (χ1n) is 8.87. The Labute approximate surface area is 156 Å². The second-order valence-corrected chi connectivity index (χ2v) is 6.39. The van der Waals surface area contributed by atoms with Crippen LogP contribution >= 0.6 is 0 Å². The molecule has 3 N–H and O–H groups in total. The molecule has 0 saturated carbocycles. The van der Waals surface area contributed by atoms with Crippen LogP contribution in [-0.2, 0) is 4.74 Å². The lowest BCUT2D eigenvalue weighted by molar-refractivity contribution is 0.0815. The molecule has 0 bridgehead atoms. The minimum Gasteiger partial charge on any atom is -0.479 e. The van der Waals surface area contributed by atoms with E-state index in [0.29, 0.717) is 11.7 Å². The number of benzene rings is 1. The Morgan fingerprint density at radius 3 is 2.96 bits per heavy atom. The molecule has 1 fully saturated rings. The number of fused-ring (bicyclic) bond motifs is 1. The van der Waals surface area contributed by atoms with Crippen LogP contribution in [0.3, 0.4) is 0 Å². The molecule has 140 valence electrons. The third kappa shape index (κ3) is 3.70. The van der Waals surface area contributed by atoms with Gasteiger partial charge in [-0.05, 0) is 18.4 Å². The van der Waals surface area contributed by atoms with Crippen molar-refractivity contribution in [2.75, 3.05) is 19.0 Å². The van der Waals surface area contributed by atoms with Crippen molar-refractivity contribution in [1.29, 1.82) is 0 Å². The molecule has 0 radical (unpaired) electrons. The Morgan fingerprint density at radius 1 is 1.37 bits per heavy atom. The van der Waals surface area contributed by atoms with Gasteiger partial charge in [-0.3, -0.25) is 10.4 Å². The van der Waals surface area contributed by atoms with Crippen LogP contribution in [0.4, 0.5) is 10.6 Å². The lowest BCUT2D eigenvalue weighted by atomic mass is 9.99. The number of methoxy groups -OCH3 is 1. The summed E-state index contributed by atoms with van der Waals surface area (Å²) in [5, 5.41) is 13.5. The fraction of sp³-hybridized carbons (Fsp3) is 0.316. The van der Waals surface area contributed by atoms with E-state index in [0.717, 1.165) is 35.9 Å². The number of nitrogens with zero attached hydrogens (tertiary/aromatic N) is 2. The van der Waals surface area contributed by atoms with E-state index in [9.17, 15) is 4.79 Å². The SMILES string of the molecule is COc1n[nH]c2cc(NC(=O)NC(c3ccccc3)C3CCCO3)ncc12. The van der Waals surface area contributed by atoms with Gasteiger partial charge in [-0.25, -0.2) is 9.78 Å². The fourth-order valence-electron chi connectivity index (χ4n) is 3.32. The lowest BCUT2D eigenvalue weighted by Crippen LogP contribution is -2.38. The monoisotopic (exact) mass is 367 g/mol. The van der Waals surface area contributed by atoms with Crippen molar-refractivity contribution in [3.05, 3.63) is 48.2 Å². The number of aromatic amines is 1. The van der Waals surface area contributed by atoms with Crippen LogP contribution in [0.25, 0.3) is 10.9 Å². The molecule has 3 aromatic rings. The number of carbonyl (C=O) groups excluding carboxylic acids is 1. The quantitative estimate of drug-likeness (QED) is 0.643. The van der Waals surface area contributed by atoms with Gasteiger partial charge in [0.05, 0.1) is 30.2 Å². The second kappa shape index (κ2) is 7.63. The van der Waals surface area contributed by atoms with Gasteiger partial charge in [-0.15, -0.1) is 5.10 Å². The molecular weight excluding hydrogens is 346 g/mol. The summed E-state index contributed by atoms with van der Waals surface area (Å²) in [6.07, 6.45) is 3.49. The van der Waals surface area contributed by atoms with Crippen LogP contribution in [0.2, 0.25) is 0 Å². The third-order valence-electron chi connectivity index (χ3n) is 4.63. The van der Waals surface area contributed by atoms with Gasteiger partial charge >= 0.3 is 6.03 Å². The highest BCUT2D eigenvalue weighted by Crippen LogP contribution is 2.27. The predicted octanol–water partition coefficient (Wildman–Crippen LogP) is 3.01. The summed E-state index contributed by atoms with van der Waals surface area (Å²) in [5.74, 6) is 0.890. The number of hydrogen-bond acceptors (Lipinski definition) is 5. The number of amides is 2. The Bertz CT molecular complexity index is 921. The van der Waals surface area contributed by atoms with Crippen molar-refractivity contribution in [1.82, 2.24) is 20.5 Å². The van der Waals surface area contributed by atoms with Crippen LogP contribution < -0.4 is 15.4 Å². The Balaban J connectivity index is 1.49. The lowest BCUT2D eigenvalue weighted by Gasteiger charge is -2.24. The smallest absolute Gasteiger partial charge is 0.320 e. The van der Waals surface area contributed by atoms with Gasteiger partial charge in [0, 0.05) is 18.9 Å². The first-order chi connectivity index (χ1) is 13.2. The molecule has 2 amide bonds. The number of hydrogen-bond donors (Lipinski definition) is 3. The molecule has 8 heteroatoms. The molecule has 2 atom stereocenters. The first-order valence-corrected chi connectivity index (χ1v) is 8.87. The van der Waals surface area contributed by atoms with Gasteiger partial charge in [0.25, 0.3) is 0 Å². The number of urea groups is 1. The van der Waals surface area contributed by atoms with Gasteiger partial charge in [-0.1, -0.05) is 30.3 Å². The number of rotatable bonds is 5. The van der Waals surface area contributed by atoms with E-state index in [1.54, 1.807) is 19.4 Å². The molecule has 8 nitrogen and oxygen atoms in total. The van der Waals surface area contributed by atoms with E-state index in [1.165, 1.54) is 0 Å². The predicted molar refractivity (Wildman–Crippen MR) is 101 cm³/mol. The van der Waals surface area contributed by atoms with Gasteiger partial charge < -0.3 is 14.8 Å². The van der Waals surface area contributed by atoms with Crippen molar-refractivity contribution in [2.24, 2.45) is 0 Å². The summed E-state index contributed by atoms with van der Waals surface area (Å²) in [6, 6.07) is 11.0. The summed E-state index contributed by atoms with van der Waals surface area (Å²) in [7, 11) is 1.55. The average molecular weight is 367 g/mol. The Hall–Kier alpha value is -3.13. The summed E-state index contributed by atoms with van der Waals surface area (Å²) in [5.41, 5.74) is 1.75. The molecule has 3 heterocycles. The largest absolute Gasteiger partial charge is 0.479 e. The van der Waals surface area contributed by atoms with Crippen LogP contribution in [0.1, 0.15) is 24.4 Å². The van der Waals surface area contributed by atoms with Gasteiger partial charge in [-0.2, -0.15) is 0 Å². The van der Waals surface area contributed by atoms with Crippen molar-refractivity contribution < 1.29 is 14.3 Å². The molecule has 4 rings (SSSR count). The van der Waals surface area contributed by atoms with Crippen molar-refractivity contribution in [3.8, 4) is 5.88 Å². The zero-order valence-electron chi connectivity index (χ0n) is 14.9. The topological polar surface area (TPSA) is 101 Å². The molecule has 1 aromatic carbocycles. The second-order valence-electron chi connectivity index (χ2n) is 6.39. The molecular formula is C19H21N5O3. The number of ether oxygens (including phenoxy) is 2. The zero-order chi connectivity index (χ0) is 18.6. The highest BCUT2D eigenvalue weighted by atomic mass is 16.5. The number of aromatic nitrogens is 3. The van der Waals surface area contributed by atoms with E-state index >= 15 is 0 Å². The van der Waals surface area contributed by atoms with Gasteiger partial charge in [0.1, 0.15) is 5.82 Å². The highest BCUT2D eigenvalue weighted by Gasteiger charge is 2.28. The number of anilines is 1. The molecule has 1 aliphatic heterocycles. The summed E-state index contributed by atoms with van der Waals surface area (Å²) in [4.78, 5) is 16.8. The maximum atomic E-state index is 12.6. The first kappa shape index (κ1) is 17.3. The number of H-pyrrole nitrogens is 1. The zero-order valence-corrected chi connectivity index (χ0v) is 14.9. The van der Waals surface area contributed by atoms with Crippen LogP contribution in [0.5, 0.6) is 5.88 Å². The van der Waals surface area contributed by atoms with Gasteiger partial charge in [0.2, 0.25) is 5.88 Å². The van der Waals surface area contributed by atoms with E-state index < -0.39 is 0 Å². The minimum atomic E-state index is -0.335. The maximum Gasteiger partial charge on any atom is 0.320 e. The normalized spacial score (nSPS) is 17.6. The highest BCUT2D eigenvalue weighted by molar-refractivity contribution is 5.92. The minimum absolute atomic E-state index is 0.0366. The van der Waals surface area contributed by atoms with E-state index in [2.05, 4.69) is 25.8 Å². The molecule has 1 aliphatic rings. The fourth-order valence-corrected chi connectivity index (χ4v) is 3.32. The van der Waals surface area contributed by atoms with Crippen LogP contribution in [0, 0.1) is 0 Å². The Morgan fingerprint density at radius 2 is 2.22 bits per heavy atom. The number of nitrogens with one attached hydrogen (secondary N) is 3. The standard InChI is InChI=1S/C19H21N5O3/c1-26-18-13-11-20-16(10-14(13)23-24-18)21-19(25)22-17(15-8-5-9-27-15)12-6-3-2-4-7-12/h2-4,6-7,10-11,15,17H,5,8-9H2,1H3,(H,23,24)(H2,20,21,22,25). The summed E-state index contributed by atoms with van der Waals surface area (Å²) in [6.45, 7) is 0.719. The van der Waals surface area contributed by atoms with Crippen LogP contribution in [0.15, 0.2) is 42.6 Å². The molecule has 27 heavy (non-hydrogen) atoms. The maximum absolute atomic E-state index is 12.6. The number of pyridine rings is 1. The van der Waals surface area contributed by atoms with E-state index in [1.807, 2.05) is 30.3 Å². The average Bonchev–Trinajstić information content (AvgIpc) is 3.36. The molecule has 1 saturated heterocycles.